The maximum Gasteiger partial charge on any atom is -0.00234 e. The van der Waals surface area contributed by atoms with E-state index >= 15 is 0 Å². The third-order valence-electron chi connectivity index (χ3n) is 10.9. The van der Waals surface area contributed by atoms with Crippen molar-refractivity contribution in [3.63, 3.8) is 0 Å². The standard InChI is InChI=1S/C38H34/c1-2-8-30-29(7-1)37(33-13-5-11-27-23-15-19-25(20-16-23)35(27)33)31-9-3-4-10-32(31)38(30)34-14-6-12-28-24-17-21-26(22-18-24)36(28)34/h1-14,23-26H,15-22H2. The summed E-state index contributed by atoms with van der Waals surface area (Å²) < 4.78 is 0. The Kier molecular flexibility index (Phi) is 4.57. The van der Waals surface area contributed by atoms with Crippen LogP contribution in [-0.2, 0) is 0 Å². The van der Waals surface area contributed by atoms with Crippen LogP contribution in [-0.4, -0.2) is 0 Å². The maximum atomic E-state index is 2.44. The molecular weight excluding hydrogens is 456 g/mol. The van der Waals surface area contributed by atoms with Gasteiger partial charge in [0.05, 0.1) is 0 Å². The molecule has 0 spiro atoms. The highest BCUT2D eigenvalue weighted by Gasteiger charge is 2.37. The lowest BCUT2D eigenvalue weighted by Crippen LogP contribution is -2.22. The van der Waals surface area contributed by atoms with Crippen molar-refractivity contribution in [1.29, 1.82) is 0 Å². The summed E-state index contributed by atoms with van der Waals surface area (Å²) in [5.41, 5.74) is 12.6. The number of hydrogen-bond donors (Lipinski definition) is 0. The lowest BCUT2D eigenvalue weighted by atomic mass is 9.64. The average Bonchev–Trinajstić information content (AvgIpc) is 3.01. The van der Waals surface area contributed by atoms with Crippen molar-refractivity contribution in [3.8, 4) is 22.3 Å². The molecule has 0 N–H and O–H groups in total. The van der Waals surface area contributed by atoms with E-state index in [9.17, 15) is 0 Å². The molecule has 5 aromatic carbocycles. The Hall–Kier alpha value is -3.38. The fraction of sp³-hybridized carbons (Fsp3) is 0.316. The van der Waals surface area contributed by atoms with Crippen LogP contribution >= 0.6 is 0 Å². The molecule has 6 aliphatic rings. The summed E-state index contributed by atoms with van der Waals surface area (Å²) in [4.78, 5) is 0. The van der Waals surface area contributed by atoms with Crippen LogP contribution in [0.4, 0.5) is 0 Å². The number of benzene rings is 5. The molecule has 4 bridgehead atoms. The molecule has 2 fully saturated rings. The Labute approximate surface area is 225 Å². The quantitative estimate of drug-likeness (QED) is 0.216. The second-order valence-electron chi connectivity index (χ2n) is 12.6. The van der Waals surface area contributed by atoms with Crippen LogP contribution in [0.2, 0.25) is 0 Å². The minimum Gasteiger partial charge on any atom is -0.0616 e. The van der Waals surface area contributed by atoms with Gasteiger partial charge in [0.1, 0.15) is 0 Å². The zero-order chi connectivity index (χ0) is 24.8. The van der Waals surface area contributed by atoms with E-state index in [1.54, 1.807) is 22.3 Å². The van der Waals surface area contributed by atoms with Crippen molar-refractivity contribution >= 4 is 21.5 Å². The highest BCUT2D eigenvalue weighted by atomic mass is 14.4. The van der Waals surface area contributed by atoms with E-state index < -0.39 is 0 Å². The molecule has 0 amide bonds. The number of hydrogen-bond acceptors (Lipinski definition) is 0. The molecule has 0 heterocycles. The molecule has 0 saturated heterocycles. The van der Waals surface area contributed by atoms with Gasteiger partial charge in [0.2, 0.25) is 0 Å². The van der Waals surface area contributed by atoms with E-state index in [4.69, 9.17) is 0 Å². The molecule has 11 rings (SSSR count). The van der Waals surface area contributed by atoms with Gasteiger partial charge in [-0.15, -0.1) is 0 Å². The summed E-state index contributed by atoms with van der Waals surface area (Å²) in [6.07, 6.45) is 11.0. The molecule has 0 aliphatic heterocycles. The summed E-state index contributed by atoms with van der Waals surface area (Å²) >= 11 is 0. The number of rotatable bonds is 2. The van der Waals surface area contributed by atoms with E-state index in [0.29, 0.717) is 0 Å². The molecule has 0 atom stereocenters. The molecule has 6 aliphatic carbocycles. The first kappa shape index (κ1) is 21.5. The van der Waals surface area contributed by atoms with Crippen LogP contribution in [0.5, 0.6) is 0 Å². The largest absolute Gasteiger partial charge is 0.0616 e. The van der Waals surface area contributed by atoms with Crippen LogP contribution in [0.25, 0.3) is 43.8 Å². The third-order valence-corrected chi connectivity index (χ3v) is 10.9. The van der Waals surface area contributed by atoms with Gasteiger partial charge in [-0.1, -0.05) is 84.9 Å². The molecule has 186 valence electrons. The molecule has 0 unspecified atom stereocenters. The molecule has 0 nitrogen and oxygen atoms in total. The summed E-state index contributed by atoms with van der Waals surface area (Å²) in [5, 5.41) is 5.70. The molecule has 5 aromatic rings. The zero-order valence-corrected chi connectivity index (χ0v) is 22.0. The SMILES string of the molecule is c1cc(-c2c3ccccc3c(-c3cccc4c3C3CCC4CC3)c3ccccc23)c2c(c1)C1CCC2CC1. The van der Waals surface area contributed by atoms with Crippen LogP contribution in [0.15, 0.2) is 84.9 Å². The van der Waals surface area contributed by atoms with Gasteiger partial charge in [-0.25, -0.2) is 0 Å². The lowest BCUT2D eigenvalue weighted by molar-refractivity contribution is 0.359. The van der Waals surface area contributed by atoms with Crippen molar-refractivity contribution in [3.05, 3.63) is 107 Å². The van der Waals surface area contributed by atoms with Gasteiger partial charge in [0.25, 0.3) is 0 Å². The van der Waals surface area contributed by atoms with Gasteiger partial charge < -0.3 is 0 Å². The van der Waals surface area contributed by atoms with Gasteiger partial charge in [0.15, 0.2) is 0 Å². The fourth-order valence-electron chi connectivity index (χ4n) is 9.32. The van der Waals surface area contributed by atoms with Gasteiger partial charge >= 0.3 is 0 Å². The van der Waals surface area contributed by atoms with E-state index in [0.717, 1.165) is 23.7 Å². The van der Waals surface area contributed by atoms with Crippen molar-refractivity contribution < 1.29 is 0 Å². The molecule has 2 saturated carbocycles. The summed E-state index contributed by atoms with van der Waals surface area (Å²) in [5.74, 6) is 2.97. The van der Waals surface area contributed by atoms with Gasteiger partial charge in [-0.05, 0) is 141 Å². The van der Waals surface area contributed by atoms with E-state index in [1.165, 1.54) is 95.2 Å². The fourth-order valence-corrected chi connectivity index (χ4v) is 9.32. The second-order valence-corrected chi connectivity index (χ2v) is 12.6. The molecule has 0 aromatic heterocycles. The van der Waals surface area contributed by atoms with Crippen LogP contribution < -0.4 is 0 Å². The number of fused-ring (bicyclic) bond motifs is 6. The maximum absolute atomic E-state index is 2.44. The van der Waals surface area contributed by atoms with Gasteiger partial charge in [-0.2, -0.15) is 0 Å². The first-order chi connectivity index (χ1) is 18.9. The first-order valence-corrected chi connectivity index (χ1v) is 15.1. The van der Waals surface area contributed by atoms with Crippen LogP contribution in [0.3, 0.4) is 0 Å². The highest BCUT2D eigenvalue weighted by Crippen LogP contribution is 2.56. The smallest absolute Gasteiger partial charge is 0.00234 e. The van der Waals surface area contributed by atoms with Gasteiger partial charge in [0, 0.05) is 0 Å². The Balaban J connectivity index is 1.40. The monoisotopic (exact) mass is 490 g/mol. The molecule has 38 heavy (non-hydrogen) atoms. The van der Waals surface area contributed by atoms with Crippen molar-refractivity contribution in [2.45, 2.75) is 75.0 Å². The Morgan fingerprint density at radius 2 is 0.684 bits per heavy atom. The van der Waals surface area contributed by atoms with Crippen molar-refractivity contribution in [2.75, 3.05) is 0 Å². The Bertz CT molecular complexity index is 1550. The average molecular weight is 491 g/mol. The minimum atomic E-state index is 0.722. The normalized spacial score (nSPS) is 25.1. The van der Waals surface area contributed by atoms with Crippen molar-refractivity contribution in [1.82, 2.24) is 0 Å². The predicted molar refractivity (Wildman–Crippen MR) is 160 cm³/mol. The van der Waals surface area contributed by atoms with Crippen molar-refractivity contribution in [2.24, 2.45) is 0 Å². The summed E-state index contributed by atoms with van der Waals surface area (Å²) in [6, 6.07) is 33.1. The highest BCUT2D eigenvalue weighted by molar-refractivity contribution is 6.22. The van der Waals surface area contributed by atoms with E-state index in [1.807, 2.05) is 0 Å². The van der Waals surface area contributed by atoms with Gasteiger partial charge in [-0.3, -0.25) is 0 Å². The first-order valence-electron chi connectivity index (χ1n) is 15.1. The van der Waals surface area contributed by atoms with E-state index in [2.05, 4.69) is 84.9 Å². The zero-order valence-electron chi connectivity index (χ0n) is 22.0. The Morgan fingerprint density at radius 1 is 0.342 bits per heavy atom. The summed E-state index contributed by atoms with van der Waals surface area (Å²) in [6.45, 7) is 0. The summed E-state index contributed by atoms with van der Waals surface area (Å²) in [7, 11) is 0. The predicted octanol–water partition coefficient (Wildman–Crippen LogP) is 10.8. The van der Waals surface area contributed by atoms with E-state index in [-0.39, 0.29) is 0 Å². The van der Waals surface area contributed by atoms with Crippen LogP contribution in [0, 0.1) is 0 Å². The molecular formula is C38H34. The lowest BCUT2D eigenvalue weighted by Gasteiger charge is -2.40. The minimum absolute atomic E-state index is 0.722. The Morgan fingerprint density at radius 3 is 1.05 bits per heavy atom. The van der Waals surface area contributed by atoms with Crippen LogP contribution in [0.1, 0.15) is 97.3 Å². The molecule has 0 radical (unpaired) electrons. The third kappa shape index (κ3) is 2.87. The molecule has 0 heteroatoms. The topological polar surface area (TPSA) is 0 Å². The second kappa shape index (κ2) is 8.06.